The van der Waals surface area contributed by atoms with Gasteiger partial charge >= 0.3 is 0 Å². The molecule has 0 fully saturated rings. The SMILES string of the molecule is CC(=NSC(C)(C)C)c1cnc2[nH]ccc2c1. The predicted molar refractivity (Wildman–Crippen MR) is 75.6 cm³/mol. The van der Waals surface area contributed by atoms with E-state index in [1.54, 1.807) is 11.9 Å². The van der Waals surface area contributed by atoms with Crippen molar-refractivity contribution in [3.63, 3.8) is 0 Å². The Bertz CT molecular complexity index is 549. The molecule has 0 aromatic carbocycles. The Morgan fingerprint density at radius 2 is 2.18 bits per heavy atom. The lowest BCUT2D eigenvalue weighted by molar-refractivity contribution is 0.804. The average Bonchev–Trinajstić information content (AvgIpc) is 2.71. The van der Waals surface area contributed by atoms with Crippen LogP contribution >= 0.6 is 11.9 Å². The van der Waals surface area contributed by atoms with Gasteiger partial charge in [0.2, 0.25) is 0 Å². The molecular weight excluding hydrogens is 230 g/mol. The van der Waals surface area contributed by atoms with Crippen molar-refractivity contribution < 1.29 is 0 Å². The normalized spacial score (nSPS) is 13.3. The van der Waals surface area contributed by atoms with Crippen LogP contribution in [0.1, 0.15) is 33.3 Å². The Balaban J connectivity index is 2.26. The number of nitrogens with one attached hydrogen (secondary N) is 1. The molecule has 1 N–H and O–H groups in total. The molecule has 17 heavy (non-hydrogen) atoms. The second-order valence-corrected chi connectivity index (χ2v) is 6.61. The Labute approximate surface area is 106 Å². The summed E-state index contributed by atoms with van der Waals surface area (Å²) in [5.74, 6) is 0. The van der Waals surface area contributed by atoms with E-state index in [1.807, 2.05) is 25.4 Å². The van der Waals surface area contributed by atoms with Gasteiger partial charge in [-0.25, -0.2) is 9.38 Å². The number of H-pyrrole nitrogens is 1. The molecule has 2 aromatic heterocycles. The van der Waals surface area contributed by atoms with E-state index in [2.05, 4.69) is 41.2 Å². The molecule has 90 valence electrons. The van der Waals surface area contributed by atoms with Gasteiger partial charge in [-0.3, -0.25) is 0 Å². The summed E-state index contributed by atoms with van der Waals surface area (Å²) in [6.45, 7) is 8.49. The van der Waals surface area contributed by atoms with E-state index >= 15 is 0 Å². The number of pyridine rings is 1. The van der Waals surface area contributed by atoms with E-state index in [0.29, 0.717) is 0 Å². The third kappa shape index (κ3) is 3.09. The Kier molecular flexibility index (Phi) is 3.24. The first-order chi connectivity index (χ1) is 7.96. The molecule has 0 aliphatic carbocycles. The highest BCUT2D eigenvalue weighted by atomic mass is 32.2. The van der Waals surface area contributed by atoms with E-state index < -0.39 is 0 Å². The number of hydrogen-bond acceptors (Lipinski definition) is 3. The molecule has 4 heteroatoms. The molecule has 2 rings (SSSR count). The second-order valence-electron chi connectivity index (χ2n) is 5.02. The van der Waals surface area contributed by atoms with Crippen molar-refractivity contribution in [1.29, 1.82) is 0 Å². The summed E-state index contributed by atoms with van der Waals surface area (Å²) in [7, 11) is 0. The topological polar surface area (TPSA) is 41.0 Å². The van der Waals surface area contributed by atoms with Crippen LogP contribution in [0.25, 0.3) is 11.0 Å². The maximum atomic E-state index is 4.54. The standard InChI is InChI=1S/C13H17N3S/c1-9(16-17-13(2,3)4)11-7-10-5-6-14-12(10)15-8-11/h5-8H,1-4H3,(H,14,15). The summed E-state index contributed by atoms with van der Waals surface area (Å²) >= 11 is 1.60. The molecule has 0 saturated carbocycles. The number of aromatic nitrogens is 2. The van der Waals surface area contributed by atoms with Gasteiger partial charge < -0.3 is 4.98 Å². The molecule has 0 atom stereocenters. The van der Waals surface area contributed by atoms with Crippen LogP contribution in [0.3, 0.4) is 0 Å². The summed E-state index contributed by atoms with van der Waals surface area (Å²) in [5.41, 5.74) is 3.01. The number of nitrogens with zero attached hydrogens (tertiary/aromatic N) is 2. The zero-order valence-corrected chi connectivity index (χ0v) is 11.4. The number of rotatable bonds is 2. The van der Waals surface area contributed by atoms with Crippen molar-refractivity contribution >= 4 is 28.7 Å². The van der Waals surface area contributed by atoms with E-state index in [0.717, 1.165) is 22.3 Å². The molecule has 0 amide bonds. The molecule has 0 radical (unpaired) electrons. The van der Waals surface area contributed by atoms with Crippen LogP contribution in [-0.4, -0.2) is 20.4 Å². The molecule has 0 bridgehead atoms. The Morgan fingerprint density at radius 3 is 2.88 bits per heavy atom. The van der Waals surface area contributed by atoms with Gasteiger partial charge in [0.05, 0.1) is 5.71 Å². The van der Waals surface area contributed by atoms with Gasteiger partial charge in [0.1, 0.15) is 5.65 Å². The highest BCUT2D eigenvalue weighted by molar-refractivity contribution is 7.99. The number of aromatic amines is 1. The lowest BCUT2D eigenvalue weighted by atomic mass is 10.2. The lowest BCUT2D eigenvalue weighted by Gasteiger charge is -2.13. The summed E-state index contributed by atoms with van der Waals surface area (Å²) in [4.78, 5) is 7.45. The largest absolute Gasteiger partial charge is 0.346 e. The molecular formula is C13H17N3S. The first kappa shape index (κ1) is 12.2. The van der Waals surface area contributed by atoms with E-state index in [-0.39, 0.29) is 4.75 Å². The minimum Gasteiger partial charge on any atom is -0.346 e. The molecule has 0 saturated heterocycles. The third-order valence-corrected chi connectivity index (χ3v) is 3.19. The minimum absolute atomic E-state index is 0.146. The van der Waals surface area contributed by atoms with Gasteiger partial charge in [0.15, 0.2) is 0 Å². The minimum atomic E-state index is 0.146. The number of hydrogen-bond donors (Lipinski definition) is 1. The molecule has 0 unspecified atom stereocenters. The van der Waals surface area contributed by atoms with Crippen LogP contribution in [0, 0.1) is 0 Å². The fourth-order valence-corrected chi connectivity index (χ4v) is 1.91. The van der Waals surface area contributed by atoms with Crippen molar-refractivity contribution in [2.24, 2.45) is 4.40 Å². The zero-order chi connectivity index (χ0) is 12.5. The maximum absolute atomic E-state index is 4.54. The van der Waals surface area contributed by atoms with E-state index in [1.165, 1.54) is 0 Å². The van der Waals surface area contributed by atoms with Gasteiger partial charge in [0.25, 0.3) is 0 Å². The summed E-state index contributed by atoms with van der Waals surface area (Å²) in [6, 6.07) is 4.14. The highest BCUT2D eigenvalue weighted by Gasteiger charge is 2.10. The zero-order valence-electron chi connectivity index (χ0n) is 10.6. The van der Waals surface area contributed by atoms with Crippen molar-refractivity contribution in [2.45, 2.75) is 32.4 Å². The van der Waals surface area contributed by atoms with Crippen molar-refractivity contribution in [3.8, 4) is 0 Å². The van der Waals surface area contributed by atoms with Gasteiger partial charge in [-0.15, -0.1) is 0 Å². The highest BCUT2D eigenvalue weighted by Crippen LogP contribution is 2.25. The Hall–Kier alpha value is -1.29. The predicted octanol–water partition coefficient (Wildman–Crippen LogP) is 3.82. The molecule has 0 aliphatic rings. The summed E-state index contributed by atoms with van der Waals surface area (Å²) in [5, 5.41) is 1.12. The monoisotopic (exact) mass is 247 g/mol. The van der Waals surface area contributed by atoms with Crippen LogP contribution < -0.4 is 0 Å². The van der Waals surface area contributed by atoms with Crippen LogP contribution in [0.2, 0.25) is 0 Å². The molecule has 2 heterocycles. The lowest BCUT2D eigenvalue weighted by Crippen LogP contribution is -2.06. The van der Waals surface area contributed by atoms with Gasteiger partial charge in [-0.05, 0) is 51.8 Å². The maximum Gasteiger partial charge on any atom is 0.137 e. The van der Waals surface area contributed by atoms with E-state index in [4.69, 9.17) is 0 Å². The molecule has 0 spiro atoms. The quantitative estimate of drug-likeness (QED) is 0.647. The third-order valence-electron chi connectivity index (χ3n) is 2.27. The van der Waals surface area contributed by atoms with Gasteiger partial charge in [-0.2, -0.15) is 0 Å². The van der Waals surface area contributed by atoms with Crippen molar-refractivity contribution in [1.82, 2.24) is 9.97 Å². The summed E-state index contributed by atoms with van der Waals surface area (Å²) in [6.07, 6.45) is 3.76. The van der Waals surface area contributed by atoms with E-state index in [9.17, 15) is 0 Å². The molecule has 3 nitrogen and oxygen atoms in total. The first-order valence-corrected chi connectivity index (χ1v) is 6.39. The first-order valence-electron chi connectivity index (χ1n) is 5.62. The fourth-order valence-electron chi connectivity index (χ4n) is 1.40. The molecule has 0 aliphatic heterocycles. The average molecular weight is 247 g/mol. The van der Waals surface area contributed by atoms with Crippen LogP contribution in [0.15, 0.2) is 28.9 Å². The van der Waals surface area contributed by atoms with Crippen LogP contribution in [0.4, 0.5) is 0 Å². The molecule has 2 aromatic rings. The second kappa shape index (κ2) is 4.53. The Morgan fingerprint density at radius 1 is 1.41 bits per heavy atom. The van der Waals surface area contributed by atoms with Crippen LogP contribution in [0.5, 0.6) is 0 Å². The van der Waals surface area contributed by atoms with Crippen LogP contribution in [-0.2, 0) is 0 Å². The smallest absolute Gasteiger partial charge is 0.137 e. The van der Waals surface area contributed by atoms with Crippen molar-refractivity contribution in [2.75, 3.05) is 0 Å². The van der Waals surface area contributed by atoms with Gasteiger partial charge in [-0.1, -0.05) is 0 Å². The van der Waals surface area contributed by atoms with Crippen molar-refractivity contribution in [3.05, 3.63) is 30.1 Å². The fraction of sp³-hybridized carbons (Fsp3) is 0.385. The van der Waals surface area contributed by atoms with Gasteiger partial charge in [0, 0.05) is 28.1 Å². The summed E-state index contributed by atoms with van der Waals surface area (Å²) < 4.78 is 4.69. The number of fused-ring (bicyclic) bond motifs is 1.